The molecule has 3 aromatic rings. The Kier molecular flexibility index (Phi) is 3.05. The van der Waals surface area contributed by atoms with Crippen LogP contribution in [0.1, 0.15) is 5.56 Å². The molecule has 0 saturated carbocycles. The van der Waals surface area contributed by atoms with E-state index >= 15 is 0 Å². The summed E-state index contributed by atoms with van der Waals surface area (Å²) in [6.45, 7) is 0. The van der Waals surface area contributed by atoms with Crippen LogP contribution in [0.25, 0.3) is 11.2 Å². The van der Waals surface area contributed by atoms with Crippen LogP contribution in [0.2, 0.25) is 0 Å². The van der Waals surface area contributed by atoms with Gasteiger partial charge in [0.25, 0.3) is 5.56 Å². The lowest BCUT2D eigenvalue weighted by Gasteiger charge is -2.06. The average Bonchev–Trinajstić information content (AvgIpc) is 3.00. The molecule has 0 fully saturated rings. The molecule has 10 nitrogen and oxygen atoms in total. The molecule has 3 rings (SSSR count). The second-order valence-corrected chi connectivity index (χ2v) is 4.50. The zero-order chi connectivity index (χ0) is 15.9. The molecule has 0 spiro atoms. The molecule has 22 heavy (non-hydrogen) atoms. The van der Waals surface area contributed by atoms with Gasteiger partial charge >= 0.3 is 5.69 Å². The molecule has 0 unspecified atom stereocenters. The van der Waals surface area contributed by atoms with Gasteiger partial charge in [0.2, 0.25) is 5.88 Å². The van der Waals surface area contributed by atoms with Gasteiger partial charge < -0.3 is 10.1 Å². The Labute approximate surface area is 122 Å². The van der Waals surface area contributed by atoms with E-state index in [9.17, 15) is 14.7 Å². The zero-order valence-corrected chi connectivity index (χ0v) is 11.7. The molecule has 0 atom stereocenters. The summed E-state index contributed by atoms with van der Waals surface area (Å²) in [5.41, 5.74) is -0.465. The first-order chi connectivity index (χ1) is 10.5. The van der Waals surface area contributed by atoms with Crippen molar-refractivity contribution >= 4 is 23.2 Å². The monoisotopic (exact) mass is 301 g/mol. The molecule has 2 N–H and O–H groups in total. The van der Waals surface area contributed by atoms with Gasteiger partial charge in [-0.15, -0.1) is 0 Å². The Morgan fingerprint density at radius 2 is 2.00 bits per heavy atom. The number of imidazole rings is 1. The molecule has 0 bridgehead atoms. The van der Waals surface area contributed by atoms with E-state index in [0.29, 0.717) is 11.2 Å². The fourth-order valence-electron chi connectivity index (χ4n) is 1.95. The van der Waals surface area contributed by atoms with Crippen LogP contribution in [0, 0.1) is 0 Å². The summed E-state index contributed by atoms with van der Waals surface area (Å²) in [6, 6.07) is 0. The van der Waals surface area contributed by atoms with E-state index in [1.165, 1.54) is 26.7 Å². The number of fused-ring (bicyclic) bond motifs is 1. The summed E-state index contributed by atoms with van der Waals surface area (Å²) < 4.78 is 1.83. The van der Waals surface area contributed by atoms with Crippen LogP contribution in [0.3, 0.4) is 0 Å². The number of aromatic nitrogens is 6. The summed E-state index contributed by atoms with van der Waals surface area (Å²) in [5.74, 6) is -0.204. The van der Waals surface area contributed by atoms with E-state index in [2.05, 4.69) is 24.9 Å². The van der Waals surface area contributed by atoms with Crippen molar-refractivity contribution in [1.29, 1.82) is 0 Å². The summed E-state index contributed by atoms with van der Waals surface area (Å²) in [5, 5.41) is 9.94. The third kappa shape index (κ3) is 1.97. The Morgan fingerprint density at radius 1 is 1.23 bits per heavy atom. The third-order valence-corrected chi connectivity index (χ3v) is 3.19. The maximum absolute atomic E-state index is 12.0. The Hall–Kier alpha value is -3.30. The van der Waals surface area contributed by atoms with Gasteiger partial charge in [-0.25, -0.2) is 24.7 Å². The van der Waals surface area contributed by atoms with Crippen molar-refractivity contribution in [3.05, 3.63) is 39.1 Å². The molecule has 3 aromatic heterocycles. The first kappa shape index (κ1) is 13.7. The number of aliphatic imine (C=N–C) groups is 1. The van der Waals surface area contributed by atoms with Crippen LogP contribution in [-0.4, -0.2) is 40.4 Å². The minimum Gasteiger partial charge on any atom is -0.494 e. The molecular weight excluding hydrogens is 290 g/mol. The smallest absolute Gasteiger partial charge is 0.333 e. The molecular formula is C12H11N7O3. The first-order valence-electron chi connectivity index (χ1n) is 6.18. The molecule has 0 aliphatic heterocycles. The van der Waals surface area contributed by atoms with Crippen LogP contribution in [0.4, 0.5) is 5.82 Å². The van der Waals surface area contributed by atoms with E-state index in [1.54, 1.807) is 0 Å². The maximum atomic E-state index is 12.0. The number of hydrogen-bond donors (Lipinski definition) is 2. The quantitative estimate of drug-likeness (QED) is 0.596. The highest BCUT2D eigenvalue weighted by Gasteiger charge is 2.13. The second kappa shape index (κ2) is 4.91. The van der Waals surface area contributed by atoms with Gasteiger partial charge in [0.1, 0.15) is 17.4 Å². The van der Waals surface area contributed by atoms with E-state index in [-0.39, 0.29) is 11.4 Å². The summed E-state index contributed by atoms with van der Waals surface area (Å²) in [7, 11) is 2.67. The molecule has 0 aliphatic rings. The summed E-state index contributed by atoms with van der Waals surface area (Å²) >= 11 is 0. The fourth-order valence-corrected chi connectivity index (χ4v) is 1.95. The van der Waals surface area contributed by atoms with Crippen molar-refractivity contribution in [3.63, 3.8) is 0 Å². The Morgan fingerprint density at radius 3 is 2.77 bits per heavy atom. The lowest BCUT2D eigenvalue weighted by molar-refractivity contribution is 0.410. The molecule has 0 aromatic carbocycles. The van der Waals surface area contributed by atoms with Gasteiger partial charge in [-0.2, -0.15) is 0 Å². The van der Waals surface area contributed by atoms with Crippen LogP contribution in [0.15, 0.2) is 27.2 Å². The van der Waals surface area contributed by atoms with E-state index < -0.39 is 17.1 Å². The standard InChI is InChI=1S/C12H11N7O3/c1-18-10(20)6(11(21)19(2)12(18)22)3-13-8-7-9(15-4-14-7)17-5-16-8/h3-5,20H,1-2H3,(H,14,15,16,17). The van der Waals surface area contributed by atoms with Gasteiger partial charge in [0.05, 0.1) is 6.33 Å². The highest BCUT2D eigenvalue weighted by atomic mass is 16.3. The molecule has 0 amide bonds. The number of nitrogens with one attached hydrogen (secondary N) is 1. The number of rotatable bonds is 2. The number of nitrogens with zero attached hydrogens (tertiary/aromatic N) is 6. The Bertz CT molecular complexity index is 1010. The van der Waals surface area contributed by atoms with Gasteiger partial charge in [-0.05, 0) is 0 Å². The van der Waals surface area contributed by atoms with E-state index in [4.69, 9.17) is 0 Å². The Balaban J connectivity index is 2.17. The molecule has 0 radical (unpaired) electrons. The van der Waals surface area contributed by atoms with Gasteiger partial charge in [0, 0.05) is 20.3 Å². The number of hydrogen-bond acceptors (Lipinski definition) is 7. The van der Waals surface area contributed by atoms with Crippen molar-refractivity contribution in [2.45, 2.75) is 0 Å². The lowest BCUT2D eigenvalue weighted by Crippen LogP contribution is -2.38. The first-order valence-corrected chi connectivity index (χ1v) is 6.18. The van der Waals surface area contributed by atoms with Gasteiger partial charge in [-0.1, -0.05) is 0 Å². The van der Waals surface area contributed by atoms with Crippen LogP contribution in [0.5, 0.6) is 5.88 Å². The van der Waals surface area contributed by atoms with Crippen molar-refractivity contribution in [2.75, 3.05) is 0 Å². The molecule has 0 saturated heterocycles. The highest BCUT2D eigenvalue weighted by molar-refractivity contribution is 5.88. The van der Waals surface area contributed by atoms with Crippen LogP contribution < -0.4 is 11.2 Å². The molecule has 10 heteroatoms. The average molecular weight is 301 g/mol. The van der Waals surface area contributed by atoms with Gasteiger partial charge in [0.15, 0.2) is 11.5 Å². The highest BCUT2D eigenvalue weighted by Crippen LogP contribution is 2.18. The van der Waals surface area contributed by atoms with E-state index in [0.717, 1.165) is 15.3 Å². The molecule has 0 aliphatic carbocycles. The number of aromatic amines is 1. The minimum absolute atomic E-state index is 0.115. The summed E-state index contributed by atoms with van der Waals surface area (Å²) in [4.78, 5) is 42.5. The SMILES string of the molecule is Cn1c(O)c(C=Nc2ncnc3nc[nH]c23)c(=O)n(C)c1=O. The van der Waals surface area contributed by atoms with Crippen molar-refractivity contribution in [3.8, 4) is 5.88 Å². The van der Waals surface area contributed by atoms with Crippen LogP contribution >= 0.6 is 0 Å². The maximum Gasteiger partial charge on any atom is 0.333 e. The largest absolute Gasteiger partial charge is 0.494 e. The minimum atomic E-state index is -0.653. The fraction of sp³-hybridized carbons (Fsp3) is 0.167. The molecule has 112 valence electrons. The van der Waals surface area contributed by atoms with Crippen molar-refractivity contribution in [1.82, 2.24) is 29.1 Å². The number of aromatic hydroxyl groups is 1. The second-order valence-electron chi connectivity index (χ2n) is 4.50. The van der Waals surface area contributed by atoms with Gasteiger partial charge in [-0.3, -0.25) is 13.9 Å². The normalized spacial score (nSPS) is 11.5. The zero-order valence-electron chi connectivity index (χ0n) is 11.7. The third-order valence-electron chi connectivity index (χ3n) is 3.19. The summed E-state index contributed by atoms with van der Waals surface area (Å²) in [6.07, 6.45) is 3.88. The van der Waals surface area contributed by atoms with Crippen LogP contribution in [-0.2, 0) is 14.1 Å². The van der Waals surface area contributed by atoms with Crippen molar-refractivity contribution in [2.24, 2.45) is 19.1 Å². The molecule has 3 heterocycles. The topological polar surface area (TPSA) is 131 Å². The lowest BCUT2D eigenvalue weighted by atomic mass is 10.3. The predicted molar refractivity (Wildman–Crippen MR) is 77.5 cm³/mol. The predicted octanol–water partition coefficient (Wildman–Crippen LogP) is -0.794. The number of H-pyrrole nitrogens is 1. The van der Waals surface area contributed by atoms with Crippen molar-refractivity contribution < 1.29 is 5.11 Å². The van der Waals surface area contributed by atoms with E-state index in [1.807, 2.05) is 0 Å².